The van der Waals surface area contributed by atoms with Gasteiger partial charge in [-0.25, -0.2) is 0 Å². The van der Waals surface area contributed by atoms with Crippen LogP contribution in [0.4, 0.5) is 5.69 Å². The van der Waals surface area contributed by atoms with Gasteiger partial charge in [0.15, 0.2) is 0 Å². The monoisotopic (exact) mass is 326 g/mol. The molecule has 0 saturated carbocycles. The number of piperidine rings is 1. The Hall–Kier alpha value is -1.97. The summed E-state index contributed by atoms with van der Waals surface area (Å²) in [6.07, 6.45) is 4.49. The average molecular weight is 326 g/mol. The van der Waals surface area contributed by atoms with Crippen molar-refractivity contribution >= 4 is 11.7 Å². The van der Waals surface area contributed by atoms with Gasteiger partial charge in [-0.3, -0.25) is 4.79 Å². The maximum absolute atomic E-state index is 11.1. The van der Waals surface area contributed by atoms with Gasteiger partial charge in [-0.15, -0.1) is 0 Å². The summed E-state index contributed by atoms with van der Waals surface area (Å²) in [5, 5.41) is 12.8. The zero-order valence-corrected chi connectivity index (χ0v) is 14.3. The summed E-state index contributed by atoms with van der Waals surface area (Å²) in [6, 6.07) is 8.66. The number of aliphatic carboxylic acids is 1. The molecule has 2 N–H and O–H groups in total. The van der Waals surface area contributed by atoms with Crippen LogP contribution in [0.2, 0.25) is 0 Å². The molecule has 24 heavy (non-hydrogen) atoms. The number of allylic oxidation sites excluding steroid dienone is 2. The van der Waals surface area contributed by atoms with Crippen LogP contribution in [0, 0.1) is 11.8 Å². The van der Waals surface area contributed by atoms with E-state index in [4.69, 9.17) is 5.11 Å². The molecule has 1 fully saturated rings. The summed E-state index contributed by atoms with van der Waals surface area (Å²) < 4.78 is 0. The highest BCUT2D eigenvalue weighted by Crippen LogP contribution is 2.51. The highest BCUT2D eigenvalue weighted by atomic mass is 16.4. The van der Waals surface area contributed by atoms with Crippen molar-refractivity contribution < 1.29 is 9.90 Å². The highest BCUT2D eigenvalue weighted by molar-refractivity contribution is 5.68. The third-order valence-electron chi connectivity index (χ3n) is 6.02. The van der Waals surface area contributed by atoms with Gasteiger partial charge in [-0.2, -0.15) is 0 Å². The topological polar surface area (TPSA) is 52.6 Å². The molecular weight excluding hydrogens is 300 g/mol. The zero-order valence-electron chi connectivity index (χ0n) is 14.3. The number of hydrogen-bond acceptors (Lipinski definition) is 3. The Morgan fingerprint density at radius 2 is 2.21 bits per heavy atom. The van der Waals surface area contributed by atoms with Crippen LogP contribution in [0.15, 0.2) is 35.7 Å². The van der Waals surface area contributed by atoms with Crippen molar-refractivity contribution in [1.29, 1.82) is 0 Å². The van der Waals surface area contributed by atoms with Gasteiger partial charge in [0.25, 0.3) is 0 Å². The second-order valence-corrected chi connectivity index (χ2v) is 7.37. The minimum atomic E-state index is -0.681. The van der Waals surface area contributed by atoms with E-state index in [1.165, 1.54) is 35.5 Å². The third-order valence-corrected chi connectivity index (χ3v) is 6.02. The number of para-hydroxylation sites is 1. The minimum absolute atomic E-state index is 0.268. The molecule has 0 amide bonds. The molecule has 2 unspecified atom stereocenters. The zero-order chi connectivity index (χ0) is 16.7. The van der Waals surface area contributed by atoms with Crippen LogP contribution in [0.1, 0.15) is 50.5 Å². The number of nitrogens with one attached hydrogen (secondary N) is 1. The second kappa shape index (κ2) is 6.15. The molecule has 0 radical (unpaired) electrons. The van der Waals surface area contributed by atoms with E-state index in [2.05, 4.69) is 41.4 Å². The van der Waals surface area contributed by atoms with Crippen LogP contribution >= 0.6 is 0 Å². The lowest BCUT2D eigenvalue weighted by Gasteiger charge is -2.46. The molecule has 1 aromatic rings. The van der Waals surface area contributed by atoms with Crippen molar-refractivity contribution in [1.82, 2.24) is 4.90 Å². The lowest BCUT2D eigenvalue weighted by atomic mass is 9.76. The molecule has 3 heterocycles. The maximum atomic E-state index is 11.1. The van der Waals surface area contributed by atoms with Crippen molar-refractivity contribution in [3.63, 3.8) is 0 Å². The molecule has 128 valence electrons. The Morgan fingerprint density at radius 3 is 3.00 bits per heavy atom. The third kappa shape index (κ3) is 2.48. The molecular formula is C20H26N2O2. The number of nitrogens with zero attached hydrogens (tertiary/aromatic N) is 1. The number of benzene rings is 1. The first-order valence-electron chi connectivity index (χ1n) is 9.25. The number of carboxylic acid groups (broad SMARTS) is 1. The maximum Gasteiger partial charge on any atom is 0.303 e. The molecule has 4 heteroatoms. The molecule has 4 nitrogen and oxygen atoms in total. The van der Waals surface area contributed by atoms with Crippen LogP contribution in [0.25, 0.3) is 0 Å². The van der Waals surface area contributed by atoms with Gasteiger partial charge in [0.1, 0.15) is 0 Å². The van der Waals surface area contributed by atoms with Gasteiger partial charge >= 0.3 is 5.97 Å². The number of hydrogen-bond donors (Lipinski definition) is 2. The van der Waals surface area contributed by atoms with E-state index in [1.54, 1.807) is 0 Å². The normalized spacial score (nSPS) is 28.0. The first-order chi connectivity index (χ1) is 11.7. The van der Waals surface area contributed by atoms with Crippen molar-refractivity contribution in [3.8, 4) is 0 Å². The molecule has 0 aromatic heterocycles. The van der Waals surface area contributed by atoms with Crippen LogP contribution in [0.3, 0.4) is 0 Å². The summed E-state index contributed by atoms with van der Waals surface area (Å²) in [6.45, 7) is 4.52. The molecule has 1 saturated heterocycles. The van der Waals surface area contributed by atoms with Crippen molar-refractivity contribution in [3.05, 3.63) is 41.2 Å². The van der Waals surface area contributed by atoms with E-state index >= 15 is 0 Å². The molecule has 0 bridgehead atoms. The largest absolute Gasteiger partial charge is 0.481 e. The molecule has 4 rings (SSSR count). The summed E-state index contributed by atoms with van der Waals surface area (Å²) in [5.41, 5.74) is 5.44. The average Bonchev–Trinajstić information content (AvgIpc) is 2.98. The molecule has 3 aliphatic heterocycles. The van der Waals surface area contributed by atoms with Crippen LogP contribution in [-0.2, 0) is 4.79 Å². The quantitative estimate of drug-likeness (QED) is 0.877. The molecule has 3 aliphatic rings. The Labute approximate surface area is 143 Å². The first kappa shape index (κ1) is 15.6. The lowest BCUT2D eigenvalue weighted by molar-refractivity contribution is -0.137. The number of anilines is 1. The lowest BCUT2D eigenvalue weighted by Crippen LogP contribution is -2.43. The Bertz CT molecular complexity index is 682. The number of fused-ring (bicyclic) bond motifs is 4. The van der Waals surface area contributed by atoms with E-state index in [1.807, 2.05) is 0 Å². The molecule has 1 aromatic carbocycles. The van der Waals surface area contributed by atoms with Crippen LogP contribution in [-0.4, -0.2) is 29.1 Å². The fourth-order valence-corrected chi connectivity index (χ4v) is 4.93. The fraction of sp³-hybridized carbons (Fsp3) is 0.550. The van der Waals surface area contributed by atoms with Gasteiger partial charge in [-0.05, 0) is 36.8 Å². The standard InChI is InChI=1S/C20H26N2O2/c1-2-13-12-22-11-5-6-14(9-10-17(23)24)20(22)19-18(13)15-7-3-4-8-16(15)21-19/h3-4,7-8,13-14,18,21H,2,5-6,9-12H2,1H3,(H,23,24)/t13?,14-,18?/m0/s1. The van der Waals surface area contributed by atoms with Gasteiger partial charge in [0, 0.05) is 48.4 Å². The van der Waals surface area contributed by atoms with Crippen molar-refractivity contribution in [2.24, 2.45) is 11.8 Å². The van der Waals surface area contributed by atoms with E-state index in [0.717, 1.165) is 25.9 Å². The van der Waals surface area contributed by atoms with Gasteiger partial charge in [0.05, 0.1) is 0 Å². The Kier molecular flexibility index (Phi) is 3.99. The molecule has 3 atom stereocenters. The second-order valence-electron chi connectivity index (χ2n) is 7.37. The summed E-state index contributed by atoms with van der Waals surface area (Å²) in [7, 11) is 0. The SMILES string of the molecule is CCC1CN2CCC[C@@H](CCC(=O)O)C2=C2Nc3ccccc3C21. The van der Waals surface area contributed by atoms with E-state index < -0.39 is 5.97 Å². The van der Waals surface area contributed by atoms with E-state index in [9.17, 15) is 4.79 Å². The summed E-state index contributed by atoms with van der Waals surface area (Å²) in [5.74, 6) is 0.798. The number of carboxylic acids is 1. The summed E-state index contributed by atoms with van der Waals surface area (Å²) in [4.78, 5) is 13.6. The molecule has 0 aliphatic carbocycles. The first-order valence-corrected chi connectivity index (χ1v) is 9.25. The fourth-order valence-electron chi connectivity index (χ4n) is 4.93. The number of rotatable bonds is 4. The van der Waals surface area contributed by atoms with Crippen LogP contribution in [0.5, 0.6) is 0 Å². The van der Waals surface area contributed by atoms with E-state index in [-0.39, 0.29) is 6.42 Å². The minimum Gasteiger partial charge on any atom is -0.481 e. The Balaban J connectivity index is 1.75. The Morgan fingerprint density at radius 1 is 1.38 bits per heavy atom. The van der Waals surface area contributed by atoms with Crippen molar-refractivity contribution in [2.45, 2.75) is 44.9 Å². The van der Waals surface area contributed by atoms with Crippen molar-refractivity contribution in [2.75, 3.05) is 18.4 Å². The summed E-state index contributed by atoms with van der Waals surface area (Å²) >= 11 is 0. The highest BCUT2D eigenvalue weighted by Gasteiger charge is 2.43. The molecule has 0 spiro atoms. The predicted molar refractivity (Wildman–Crippen MR) is 94.8 cm³/mol. The van der Waals surface area contributed by atoms with Gasteiger partial charge in [0.2, 0.25) is 0 Å². The van der Waals surface area contributed by atoms with Gasteiger partial charge in [-0.1, -0.05) is 31.5 Å². The van der Waals surface area contributed by atoms with Crippen LogP contribution < -0.4 is 5.32 Å². The van der Waals surface area contributed by atoms with Gasteiger partial charge < -0.3 is 15.3 Å². The predicted octanol–water partition coefficient (Wildman–Crippen LogP) is 4.02. The smallest absolute Gasteiger partial charge is 0.303 e. The van der Waals surface area contributed by atoms with E-state index in [0.29, 0.717) is 17.8 Å². The number of carbonyl (C=O) groups is 1.